The van der Waals surface area contributed by atoms with Crippen LogP contribution in [-0.4, -0.2) is 55.2 Å². The van der Waals surface area contributed by atoms with E-state index in [1.54, 1.807) is 0 Å². The predicted octanol–water partition coefficient (Wildman–Crippen LogP) is 3.54. The smallest absolute Gasteiger partial charge is 0.0523 e. The summed E-state index contributed by atoms with van der Waals surface area (Å²) in [5.41, 5.74) is 1.90. The molecule has 1 aromatic rings. The van der Waals surface area contributed by atoms with Gasteiger partial charge in [-0.05, 0) is 69.6 Å². The summed E-state index contributed by atoms with van der Waals surface area (Å²) in [4.78, 5) is 5.42. The van der Waals surface area contributed by atoms with Gasteiger partial charge >= 0.3 is 0 Å². The van der Waals surface area contributed by atoms with Crippen molar-refractivity contribution in [3.63, 3.8) is 0 Å². The minimum absolute atomic E-state index is 0.464. The minimum Gasteiger partial charge on any atom is -0.381 e. The lowest BCUT2D eigenvalue weighted by atomic mass is 9.69. The zero-order valence-corrected chi connectivity index (χ0v) is 15.1. The van der Waals surface area contributed by atoms with Crippen molar-refractivity contribution in [1.82, 2.24) is 9.80 Å². The molecule has 3 atom stereocenters. The van der Waals surface area contributed by atoms with E-state index in [1.165, 1.54) is 57.2 Å². The van der Waals surface area contributed by atoms with Crippen molar-refractivity contribution in [2.24, 2.45) is 5.41 Å². The van der Waals surface area contributed by atoms with Gasteiger partial charge in [-0.1, -0.05) is 30.3 Å². The van der Waals surface area contributed by atoms with Gasteiger partial charge in [0.2, 0.25) is 0 Å². The number of nitrogens with zero attached hydrogens (tertiary/aromatic N) is 2. The number of likely N-dealkylation sites (tertiary alicyclic amines) is 1. The third-order valence-corrected chi connectivity index (χ3v) is 6.69. The molecule has 3 fully saturated rings. The first-order chi connectivity index (χ1) is 11.8. The minimum atomic E-state index is 0.464. The Labute approximate surface area is 147 Å². The largest absolute Gasteiger partial charge is 0.381 e. The molecule has 0 amide bonds. The first kappa shape index (κ1) is 16.6. The number of benzene rings is 1. The van der Waals surface area contributed by atoms with Gasteiger partial charge in [-0.25, -0.2) is 0 Å². The number of hydrogen-bond donors (Lipinski definition) is 0. The van der Waals surface area contributed by atoms with Gasteiger partial charge in [-0.3, -0.25) is 9.80 Å². The molecule has 0 bridgehead atoms. The van der Waals surface area contributed by atoms with E-state index in [0.717, 1.165) is 25.8 Å². The van der Waals surface area contributed by atoms with Gasteiger partial charge in [0.1, 0.15) is 0 Å². The highest BCUT2D eigenvalue weighted by Gasteiger charge is 2.46. The number of hydrogen-bond acceptors (Lipinski definition) is 3. The predicted molar refractivity (Wildman–Crippen MR) is 98.0 cm³/mol. The molecular formula is C21H32N2O. The van der Waals surface area contributed by atoms with Crippen LogP contribution in [-0.2, 0) is 11.3 Å². The molecule has 1 aromatic carbocycles. The van der Waals surface area contributed by atoms with E-state index in [0.29, 0.717) is 11.5 Å². The van der Waals surface area contributed by atoms with Crippen molar-refractivity contribution in [3.05, 3.63) is 35.9 Å². The van der Waals surface area contributed by atoms with Gasteiger partial charge in [0.05, 0.1) is 6.61 Å². The standard InChI is InChI=1S/C21H32N2O/c1-22(16-18-7-3-2-4-8-18)20-15-21(11-14-24-17-21)10-9-19(20)23-12-5-6-13-23/h2-4,7-8,19-20H,5-6,9-17H2,1H3/t19-,20-,21?/m1/s1. The van der Waals surface area contributed by atoms with Crippen LogP contribution in [0.3, 0.4) is 0 Å². The van der Waals surface area contributed by atoms with Crippen molar-refractivity contribution in [1.29, 1.82) is 0 Å². The molecular weight excluding hydrogens is 296 g/mol. The Kier molecular flexibility index (Phi) is 4.93. The van der Waals surface area contributed by atoms with Crippen LogP contribution in [0.5, 0.6) is 0 Å². The van der Waals surface area contributed by atoms with Crippen LogP contribution in [0, 0.1) is 5.41 Å². The van der Waals surface area contributed by atoms with Crippen LogP contribution in [0.1, 0.15) is 44.1 Å². The van der Waals surface area contributed by atoms with Gasteiger partial charge in [-0.15, -0.1) is 0 Å². The molecule has 3 heteroatoms. The zero-order chi connectivity index (χ0) is 16.4. The van der Waals surface area contributed by atoms with Crippen molar-refractivity contribution in [2.75, 3.05) is 33.4 Å². The second kappa shape index (κ2) is 7.15. The van der Waals surface area contributed by atoms with Gasteiger partial charge in [0.25, 0.3) is 0 Å². The lowest BCUT2D eigenvalue weighted by Crippen LogP contribution is -2.55. The topological polar surface area (TPSA) is 15.7 Å². The van der Waals surface area contributed by atoms with Crippen molar-refractivity contribution in [3.8, 4) is 0 Å². The maximum absolute atomic E-state index is 5.81. The summed E-state index contributed by atoms with van der Waals surface area (Å²) in [6.45, 7) is 5.65. The van der Waals surface area contributed by atoms with Gasteiger partial charge in [-0.2, -0.15) is 0 Å². The Hall–Kier alpha value is -0.900. The second-order valence-electron chi connectivity index (χ2n) is 8.32. The summed E-state index contributed by atoms with van der Waals surface area (Å²) in [7, 11) is 2.34. The van der Waals surface area contributed by atoms with E-state index in [1.807, 2.05) is 0 Å². The normalized spacial score (nSPS) is 34.4. The highest BCUT2D eigenvalue weighted by Crippen LogP contribution is 2.45. The molecule has 132 valence electrons. The summed E-state index contributed by atoms with van der Waals surface area (Å²) in [6.07, 6.45) is 8.09. The average Bonchev–Trinajstić information content (AvgIpc) is 3.28. The first-order valence-electron chi connectivity index (χ1n) is 9.82. The highest BCUT2D eigenvalue weighted by atomic mass is 16.5. The lowest BCUT2D eigenvalue weighted by Gasteiger charge is -2.48. The van der Waals surface area contributed by atoms with E-state index in [-0.39, 0.29) is 0 Å². The first-order valence-corrected chi connectivity index (χ1v) is 9.82. The summed E-state index contributed by atoms with van der Waals surface area (Å²) in [6, 6.07) is 12.4. The molecule has 3 nitrogen and oxygen atoms in total. The molecule has 0 N–H and O–H groups in total. The van der Waals surface area contributed by atoms with E-state index in [2.05, 4.69) is 47.2 Å². The third kappa shape index (κ3) is 3.40. The van der Waals surface area contributed by atoms with E-state index in [9.17, 15) is 0 Å². The van der Waals surface area contributed by atoms with E-state index >= 15 is 0 Å². The molecule has 24 heavy (non-hydrogen) atoms. The number of ether oxygens (including phenoxy) is 1. The summed E-state index contributed by atoms with van der Waals surface area (Å²) < 4.78 is 5.81. The second-order valence-corrected chi connectivity index (χ2v) is 8.32. The molecule has 3 aliphatic rings. The summed E-state index contributed by atoms with van der Waals surface area (Å²) in [5.74, 6) is 0. The molecule has 1 unspecified atom stereocenters. The zero-order valence-electron chi connectivity index (χ0n) is 15.1. The fourth-order valence-electron chi connectivity index (χ4n) is 5.27. The highest BCUT2D eigenvalue weighted by molar-refractivity contribution is 5.15. The molecule has 0 aromatic heterocycles. The molecule has 1 aliphatic carbocycles. The molecule has 4 rings (SSSR count). The summed E-state index contributed by atoms with van der Waals surface area (Å²) >= 11 is 0. The molecule has 0 radical (unpaired) electrons. The van der Waals surface area contributed by atoms with E-state index < -0.39 is 0 Å². The molecule has 2 heterocycles. The summed E-state index contributed by atoms with van der Waals surface area (Å²) in [5, 5.41) is 0. The Morgan fingerprint density at radius 3 is 2.67 bits per heavy atom. The van der Waals surface area contributed by atoms with Crippen molar-refractivity contribution in [2.45, 2.75) is 57.2 Å². The Morgan fingerprint density at radius 1 is 1.17 bits per heavy atom. The fourth-order valence-corrected chi connectivity index (χ4v) is 5.27. The average molecular weight is 329 g/mol. The Balaban J connectivity index is 1.51. The SMILES string of the molecule is CN(Cc1ccccc1)[C@@H]1CC2(CCOC2)CC[C@H]1N1CCCC1. The van der Waals surface area contributed by atoms with Crippen LogP contribution >= 0.6 is 0 Å². The van der Waals surface area contributed by atoms with Crippen molar-refractivity contribution >= 4 is 0 Å². The monoisotopic (exact) mass is 328 g/mol. The van der Waals surface area contributed by atoms with Crippen molar-refractivity contribution < 1.29 is 4.74 Å². The van der Waals surface area contributed by atoms with Gasteiger partial charge < -0.3 is 4.74 Å². The van der Waals surface area contributed by atoms with E-state index in [4.69, 9.17) is 4.74 Å². The molecule has 1 saturated carbocycles. The lowest BCUT2D eigenvalue weighted by molar-refractivity contribution is 0.00697. The maximum Gasteiger partial charge on any atom is 0.0523 e. The third-order valence-electron chi connectivity index (χ3n) is 6.69. The Morgan fingerprint density at radius 2 is 1.96 bits per heavy atom. The molecule has 2 aliphatic heterocycles. The van der Waals surface area contributed by atoms with Crippen LogP contribution in [0.25, 0.3) is 0 Å². The maximum atomic E-state index is 5.81. The van der Waals surface area contributed by atoms with Crippen LogP contribution in [0.4, 0.5) is 0 Å². The number of rotatable bonds is 4. The Bertz CT molecular complexity index is 520. The van der Waals surface area contributed by atoms with Crippen LogP contribution in [0.15, 0.2) is 30.3 Å². The van der Waals surface area contributed by atoms with Crippen LogP contribution < -0.4 is 0 Å². The molecule has 2 saturated heterocycles. The molecule has 1 spiro atoms. The van der Waals surface area contributed by atoms with Crippen LogP contribution in [0.2, 0.25) is 0 Å². The van der Waals surface area contributed by atoms with Gasteiger partial charge in [0.15, 0.2) is 0 Å². The number of likely N-dealkylation sites (N-methyl/N-ethyl adjacent to an activating group) is 1. The fraction of sp³-hybridized carbons (Fsp3) is 0.714. The van der Waals surface area contributed by atoms with Gasteiger partial charge in [0, 0.05) is 25.2 Å². The quantitative estimate of drug-likeness (QED) is 0.841.